The highest BCUT2D eigenvalue weighted by Gasteiger charge is 2.37. The topological polar surface area (TPSA) is 9.86 Å². The van der Waals surface area contributed by atoms with E-state index in [1.165, 1.54) is 99.5 Å². The van der Waals surface area contributed by atoms with Crippen molar-refractivity contribution < 1.29 is 0 Å². The first kappa shape index (κ1) is 30.0. The third-order valence-corrected chi connectivity index (χ3v) is 11.7. The van der Waals surface area contributed by atoms with E-state index >= 15 is 0 Å². The highest BCUT2D eigenvalue weighted by Crippen LogP contribution is 2.54. The molecular weight excluding hydrogens is 641 g/mol. The Labute approximate surface area is 308 Å². The van der Waals surface area contributed by atoms with Crippen molar-refractivity contribution in [2.45, 2.75) is 19.3 Å². The van der Waals surface area contributed by atoms with Crippen LogP contribution in [0.5, 0.6) is 0 Å². The zero-order valence-electron chi connectivity index (χ0n) is 29.7. The van der Waals surface area contributed by atoms with Crippen molar-refractivity contribution in [2.24, 2.45) is 0 Å². The van der Waals surface area contributed by atoms with Crippen LogP contribution in [-0.4, -0.2) is 9.13 Å². The number of aromatic nitrogens is 2. The molecule has 0 amide bonds. The van der Waals surface area contributed by atoms with Crippen LogP contribution in [0, 0.1) is 0 Å². The summed E-state index contributed by atoms with van der Waals surface area (Å²) in [7, 11) is 0. The molecular formula is C51H36N2. The van der Waals surface area contributed by atoms with Gasteiger partial charge in [0.25, 0.3) is 0 Å². The zero-order chi connectivity index (χ0) is 35.3. The Morgan fingerprint density at radius 2 is 0.830 bits per heavy atom. The molecule has 8 aromatic carbocycles. The second kappa shape index (κ2) is 11.2. The van der Waals surface area contributed by atoms with E-state index in [-0.39, 0.29) is 5.41 Å². The summed E-state index contributed by atoms with van der Waals surface area (Å²) in [5.74, 6) is 0. The molecule has 1 aliphatic rings. The summed E-state index contributed by atoms with van der Waals surface area (Å²) in [5.41, 5.74) is 17.5. The molecule has 1 aliphatic carbocycles. The summed E-state index contributed by atoms with van der Waals surface area (Å²) in [6.07, 6.45) is 0. The molecule has 0 saturated carbocycles. The molecule has 2 nitrogen and oxygen atoms in total. The average Bonchev–Trinajstić information content (AvgIpc) is 3.81. The van der Waals surface area contributed by atoms with Crippen molar-refractivity contribution in [1.29, 1.82) is 0 Å². The summed E-state index contributed by atoms with van der Waals surface area (Å²) >= 11 is 0. The molecule has 10 aromatic rings. The molecule has 2 heteroatoms. The van der Waals surface area contributed by atoms with Gasteiger partial charge in [-0.3, -0.25) is 0 Å². The largest absolute Gasteiger partial charge is 0.309 e. The lowest BCUT2D eigenvalue weighted by atomic mass is 9.80. The van der Waals surface area contributed by atoms with Gasteiger partial charge in [0.05, 0.1) is 22.1 Å². The molecule has 0 aliphatic heterocycles. The Morgan fingerprint density at radius 1 is 0.340 bits per heavy atom. The Kier molecular flexibility index (Phi) is 6.33. The van der Waals surface area contributed by atoms with Crippen molar-refractivity contribution in [2.75, 3.05) is 0 Å². The SMILES string of the molecule is CC1(C)c2ccccc2-c2c(-c3ccc4c(c3)c3ccccc3n4-c3ccccc3)cc(-c3ccc4c(c3)c3ccccc3n4-c3ccccc3)cc21. The Balaban J connectivity index is 1.17. The number of rotatable bonds is 4. The highest BCUT2D eigenvalue weighted by molar-refractivity contribution is 6.12. The molecule has 11 rings (SSSR count). The van der Waals surface area contributed by atoms with Crippen LogP contribution in [-0.2, 0) is 5.41 Å². The minimum Gasteiger partial charge on any atom is -0.309 e. The third-order valence-electron chi connectivity index (χ3n) is 11.7. The van der Waals surface area contributed by atoms with Crippen molar-refractivity contribution in [1.82, 2.24) is 9.13 Å². The van der Waals surface area contributed by atoms with Gasteiger partial charge in [-0.05, 0) is 117 Å². The number of nitrogens with zero attached hydrogens (tertiary/aromatic N) is 2. The van der Waals surface area contributed by atoms with Crippen LogP contribution in [0.1, 0.15) is 25.0 Å². The van der Waals surface area contributed by atoms with Crippen LogP contribution in [0.3, 0.4) is 0 Å². The van der Waals surface area contributed by atoms with E-state index in [1.54, 1.807) is 0 Å². The van der Waals surface area contributed by atoms with Gasteiger partial charge in [0.15, 0.2) is 0 Å². The van der Waals surface area contributed by atoms with Gasteiger partial charge in [-0.15, -0.1) is 0 Å². The Bertz CT molecular complexity index is 3070. The van der Waals surface area contributed by atoms with Gasteiger partial charge in [0.1, 0.15) is 0 Å². The van der Waals surface area contributed by atoms with E-state index in [4.69, 9.17) is 0 Å². The van der Waals surface area contributed by atoms with Gasteiger partial charge in [0, 0.05) is 38.3 Å². The molecule has 53 heavy (non-hydrogen) atoms. The number of para-hydroxylation sites is 4. The van der Waals surface area contributed by atoms with Gasteiger partial charge in [0.2, 0.25) is 0 Å². The zero-order valence-corrected chi connectivity index (χ0v) is 29.7. The summed E-state index contributed by atoms with van der Waals surface area (Å²) in [6, 6.07) is 67.1. The van der Waals surface area contributed by atoms with Crippen LogP contribution in [0.2, 0.25) is 0 Å². The predicted molar refractivity (Wildman–Crippen MR) is 224 cm³/mol. The average molecular weight is 677 g/mol. The van der Waals surface area contributed by atoms with Crippen molar-refractivity contribution in [3.8, 4) is 44.8 Å². The van der Waals surface area contributed by atoms with Crippen LogP contribution < -0.4 is 0 Å². The molecule has 0 saturated heterocycles. The van der Waals surface area contributed by atoms with Gasteiger partial charge < -0.3 is 9.13 Å². The van der Waals surface area contributed by atoms with E-state index in [2.05, 4.69) is 205 Å². The lowest BCUT2D eigenvalue weighted by molar-refractivity contribution is 0.660. The van der Waals surface area contributed by atoms with Gasteiger partial charge in [-0.25, -0.2) is 0 Å². The molecule has 2 aromatic heterocycles. The standard InChI is InChI=1S/C51H36N2/c1-51(2)44-22-12-9-21-40(44)50-41(34-26-28-49-43(30-34)39-20-11-14-24-47(39)53(49)37-17-7-4-8-18-37)31-35(32-45(50)51)33-25-27-48-42(29-33)38-19-10-13-23-46(38)52(48)36-15-5-3-6-16-36/h3-32H,1-2H3. The smallest absolute Gasteiger partial charge is 0.0541 e. The fourth-order valence-electron chi connectivity index (χ4n) is 9.21. The van der Waals surface area contributed by atoms with Crippen molar-refractivity contribution in [3.63, 3.8) is 0 Å². The number of benzene rings is 8. The van der Waals surface area contributed by atoms with E-state index in [9.17, 15) is 0 Å². The second-order valence-electron chi connectivity index (χ2n) is 15.0. The van der Waals surface area contributed by atoms with E-state index < -0.39 is 0 Å². The first-order valence-electron chi connectivity index (χ1n) is 18.5. The van der Waals surface area contributed by atoms with E-state index in [0.29, 0.717) is 0 Å². The number of hydrogen-bond acceptors (Lipinski definition) is 0. The maximum atomic E-state index is 2.47. The second-order valence-corrected chi connectivity index (χ2v) is 15.0. The quantitative estimate of drug-likeness (QED) is 0.176. The summed E-state index contributed by atoms with van der Waals surface area (Å²) in [4.78, 5) is 0. The van der Waals surface area contributed by atoms with Crippen LogP contribution in [0.25, 0.3) is 88.4 Å². The first-order chi connectivity index (χ1) is 26.1. The monoisotopic (exact) mass is 676 g/mol. The highest BCUT2D eigenvalue weighted by atomic mass is 15.0. The maximum absolute atomic E-state index is 2.47. The Hall–Kier alpha value is -6.64. The molecule has 0 spiro atoms. The summed E-state index contributed by atoms with van der Waals surface area (Å²) in [5, 5.41) is 5.06. The first-order valence-corrected chi connectivity index (χ1v) is 18.5. The van der Waals surface area contributed by atoms with Crippen LogP contribution in [0.15, 0.2) is 182 Å². The fourth-order valence-corrected chi connectivity index (χ4v) is 9.21. The molecule has 0 bridgehead atoms. The molecule has 0 radical (unpaired) electrons. The fraction of sp³-hybridized carbons (Fsp3) is 0.0588. The molecule has 0 N–H and O–H groups in total. The van der Waals surface area contributed by atoms with E-state index in [1.807, 2.05) is 0 Å². The summed E-state index contributed by atoms with van der Waals surface area (Å²) < 4.78 is 4.79. The predicted octanol–water partition coefficient (Wildman–Crippen LogP) is 13.5. The molecule has 0 fully saturated rings. The van der Waals surface area contributed by atoms with Gasteiger partial charge >= 0.3 is 0 Å². The molecule has 0 atom stereocenters. The molecule has 2 heterocycles. The maximum Gasteiger partial charge on any atom is 0.0541 e. The molecule has 0 unspecified atom stereocenters. The Morgan fingerprint density at radius 3 is 1.45 bits per heavy atom. The minimum atomic E-state index is -0.141. The molecule has 250 valence electrons. The van der Waals surface area contributed by atoms with E-state index in [0.717, 1.165) is 0 Å². The lowest BCUT2D eigenvalue weighted by Gasteiger charge is -2.23. The number of fused-ring (bicyclic) bond motifs is 9. The summed E-state index contributed by atoms with van der Waals surface area (Å²) in [6.45, 7) is 4.77. The van der Waals surface area contributed by atoms with Crippen LogP contribution in [0.4, 0.5) is 0 Å². The van der Waals surface area contributed by atoms with Gasteiger partial charge in [-0.1, -0.05) is 123 Å². The van der Waals surface area contributed by atoms with Crippen molar-refractivity contribution in [3.05, 3.63) is 193 Å². The lowest BCUT2D eigenvalue weighted by Crippen LogP contribution is -2.15. The van der Waals surface area contributed by atoms with Crippen LogP contribution >= 0.6 is 0 Å². The normalized spacial score (nSPS) is 13.2. The van der Waals surface area contributed by atoms with Gasteiger partial charge in [-0.2, -0.15) is 0 Å². The third kappa shape index (κ3) is 4.33. The minimum absolute atomic E-state index is 0.141. The van der Waals surface area contributed by atoms with Crippen molar-refractivity contribution >= 4 is 43.6 Å². The number of hydrogen-bond donors (Lipinski definition) is 0.